The fraction of sp³-hybridized carbons (Fsp3) is 0.571. The number of ether oxygens (including phenoxy) is 4. The molecule has 0 amide bonds. The Kier molecular flexibility index (Phi) is 6.31. The van der Waals surface area contributed by atoms with Crippen LogP contribution in [-0.2, 0) is 23.7 Å². The molecule has 1 atom stereocenters. The zero-order valence-corrected chi connectivity index (χ0v) is 14.0. The lowest BCUT2D eigenvalue weighted by atomic mass is 10.1. The molecule has 22 heavy (non-hydrogen) atoms. The first-order valence-corrected chi connectivity index (χ1v) is 7.51. The number of thioether (sulfide) groups is 1. The Morgan fingerprint density at radius 2 is 2.00 bits per heavy atom. The Morgan fingerprint density at radius 1 is 1.36 bits per heavy atom. The summed E-state index contributed by atoms with van der Waals surface area (Å²) in [6.07, 6.45) is 0. The number of hydrogen-bond acceptors (Lipinski definition) is 8. The van der Waals surface area contributed by atoms with Crippen molar-refractivity contribution in [2.24, 2.45) is 5.73 Å². The Bertz CT molecular complexity index is 500. The molecule has 0 aliphatic carbocycles. The summed E-state index contributed by atoms with van der Waals surface area (Å²) >= 11 is 0.821. The van der Waals surface area contributed by atoms with Gasteiger partial charge in [-0.05, 0) is 46.0 Å². The lowest BCUT2D eigenvalue weighted by Gasteiger charge is -2.27. The molecule has 0 spiro atoms. The van der Waals surface area contributed by atoms with Crippen LogP contribution in [0.5, 0.6) is 0 Å². The van der Waals surface area contributed by atoms with Gasteiger partial charge in [-0.1, -0.05) is 0 Å². The van der Waals surface area contributed by atoms with Crippen LogP contribution >= 0.6 is 11.8 Å². The Labute approximate surface area is 133 Å². The summed E-state index contributed by atoms with van der Waals surface area (Å²) in [5.74, 6) is 0.452. The highest BCUT2D eigenvalue weighted by Gasteiger charge is 2.37. The van der Waals surface area contributed by atoms with E-state index in [0.717, 1.165) is 11.8 Å². The SMILES string of the molecule is C=C1OC(C)=C(COC(=O)SC(C)(C)[C@@H](N)C(=O)OCC)O1. The number of nitrogens with two attached hydrogens (primary N) is 1. The van der Waals surface area contributed by atoms with Crippen molar-refractivity contribution in [2.75, 3.05) is 13.2 Å². The third-order valence-electron chi connectivity index (χ3n) is 2.85. The molecular formula is C14H21NO6S. The summed E-state index contributed by atoms with van der Waals surface area (Å²) in [6, 6.07) is -0.947. The summed E-state index contributed by atoms with van der Waals surface area (Å²) in [4.78, 5) is 23.5. The first-order chi connectivity index (χ1) is 10.2. The molecule has 7 nitrogen and oxygen atoms in total. The molecule has 0 bridgehead atoms. The lowest BCUT2D eigenvalue weighted by molar-refractivity contribution is -0.145. The molecule has 1 rings (SSSR count). The average Bonchev–Trinajstić information content (AvgIpc) is 2.73. The fourth-order valence-corrected chi connectivity index (χ4v) is 2.31. The molecular weight excluding hydrogens is 310 g/mol. The third kappa shape index (κ3) is 4.96. The number of rotatable bonds is 6. The van der Waals surface area contributed by atoms with Gasteiger partial charge in [0.2, 0.25) is 0 Å². The second-order valence-corrected chi connectivity index (χ2v) is 6.62. The molecule has 2 N–H and O–H groups in total. The summed E-state index contributed by atoms with van der Waals surface area (Å²) in [5.41, 5.74) is 5.82. The molecule has 0 saturated heterocycles. The van der Waals surface area contributed by atoms with Gasteiger partial charge in [0, 0.05) is 4.75 Å². The second kappa shape index (κ2) is 7.55. The van der Waals surface area contributed by atoms with E-state index < -0.39 is 22.1 Å². The zero-order valence-electron chi connectivity index (χ0n) is 13.1. The molecule has 0 radical (unpaired) electrons. The van der Waals surface area contributed by atoms with E-state index in [1.54, 1.807) is 27.7 Å². The van der Waals surface area contributed by atoms with Gasteiger partial charge in [0.25, 0.3) is 5.95 Å². The number of carbonyl (C=O) groups is 2. The normalized spacial score (nSPS) is 16.0. The summed E-state index contributed by atoms with van der Waals surface area (Å²) in [6.45, 7) is 10.3. The highest BCUT2D eigenvalue weighted by molar-refractivity contribution is 8.14. The van der Waals surface area contributed by atoms with E-state index in [0.29, 0.717) is 11.5 Å². The molecule has 0 aromatic heterocycles. The monoisotopic (exact) mass is 331 g/mol. The molecule has 1 aliphatic heterocycles. The summed E-state index contributed by atoms with van der Waals surface area (Å²) < 4.78 is 19.3. The van der Waals surface area contributed by atoms with Gasteiger partial charge < -0.3 is 24.7 Å². The van der Waals surface area contributed by atoms with Crippen LogP contribution in [0.3, 0.4) is 0 Å². The molecule has 0 saturated carbocycles. The molecule has 1 aliphatic rings. The van der Waals surface area contributed by atoms with Crippen LogP contribution in [0.2, 0.25) is 0 Å². The van der Waals surface area contributed by atoms with Crippen LogP contribution in [0.15, 0.2) is 24.0 Å². The van der Waals surface area contributed by atoms with Crippen molar-refractivity contribution >= 4 is 23.0 Å². The topological polar surface area (TPSA) is 97.1 Å². The van der Waals surface area contributed by atoms with E-state index in [1.165, 1.54) is 0 Å². The maximum atomic E-state index is 11.9. The highest BCUT2D eigenvalue weighted by Crippen LogP contribution is 2.30. The van der Waals surface area contributed by atoms with Crippen molar-refractivity contribution in [1.82, 2.24) is 0 Å². The molecule has 0 fully saturated rings. The van der Waals surface area contributed by atoms with Crippen LogP contribution in [0.1, 0.15) is 27.7 Å². The number of esters is 1. The van der Waals surface area contributed by atoms with E-state index in [-0.39, 0.29) is 19.2 Å². The quantitative estimate of drug-likeness (QED) is 0.740. The Hall–Kier alpha value is -1.67. The van der Waals surface area contributed by atoms with Crippen LogP contribution < -0.4 is 5.73 Å². The van der Waals surface area contributed by atoms with Crippen LogP contribution in [0.4, 0.5) is 4.79 Å². The largest absolute Gasteiger partial charge is 0.465 e. The smallest absolute Gasteiger partial charge is 0.368 e. The van der Waals surface area contributed by atoms with Gasteiger partial charge >= 0.3 is 11.3 Å². The van der Waals surface area contributed by atoms with Crippen molar-refractivity contribution in [3.05, 3.63) is 24.0 Å². The van der Waals surface area contributed by atoms with E-state index in [1.807, 2.05) is 0 Å². The molecule has 0 aromatic carbocycles. The Balaban J connectivity index is 2.51. The minimum absolute atomic E-state index is 0.0819. The van der Waals surface area contributed by atoms with E-state index in [4.69, 9.17) is 24.7 Å². The maximum Gasteiger partial charge on any atom is 0.368 e. The highest BCUT2D eigenvalue weighted by atomic mass is 32.2. The van der Waals surface area contributed by atoms with E-state index in [2.05, 4.69) is 6.58 Å². The first kappa shape index (κ1) is 18.4. The summed E-state index contributed by atoms with van der Waals surface area (Å²) in [5, 5.41) is -0.578. The van der Waals surface area contributed by atoms with E-state index >= 15 is 0 Å². The minimum atomic E-state index is -0.947. The van der Waals surface area contributed by atoms with Gasteiger partial charge in [-0.25, -0.2) is 4.79 Å². The van der Waals surface area contributed by atoms with Gasteiger partial charge in [-0.3, -0.25) is 4.79 Å². The number of carbonyl (C=O) groups excluding carboxylic acids is 2. The van der Waals surface area contributed by atoms with Crippen molar-refractivity contribution in [1.29, 1.82) is 0 Å². The molecule has 8 heteroatoms. The van der Waals surface area contributed by atoms with Crippen molar-refractivity contribution < 1.29 is 28.5 Å². The van der Waals surface area contributed by atoms with E-state index in [9.17, 15) is 9.59 Å². The Morgan fingerprint density at radius 3 is 2.50 bits per heavy atom. The molecule has 0 aromatic rings. The van der Waals surface area contributed by atoms with Gasteiger partial charge in [0.1, 0.15) is 11.8 Å². The maximum absolute atomic E-state index is 11.9. The molecule has 1 heterocycles. The fourth-order valence-electron chi connectivity index (χ4n) is 1.54. The third-order valence-corrected chi connectivity index (χ3v) is 3.92. The molecule has 0 unspecified atom stereocenters. The lowest BCUT2D eigenvalue weighted by Crippen LogP contribution is -2.48. The zero-order chi connectivity index (χ0) is 16.9. The first-order valence-electron chi connectivity index (χ1n) is 6.69. The van der Waals surface area contributed by atoms with Gasteiger partial charge in [0.05, 0.1) is 6.61 Å². The average molecular weight is 331 g/mol. The minimum Gasteiger partial charge on any atom is -0.465 e. The van der Waals surface area contributed by atoms with Gasteiger partial charge in [0.15, 0.2) is 12.4 Å². The van der Waals surface area contributed by atoms with Crippen LogP contribution in [0.25, 0.3) is 0 Å². The standard InChI is InChI=1S/C14H21NO6S/c1-6-18-12(16)11(15)14(4,5)22-13(17)19-7-10-8(2)20-9(3)21-10/h11H,3,6-7,15H2,1-2,4-5H3/t11-/m0/s1. The van der Waals surface area contributed by atoms with Crippen LogP contribution in [0, 0.1) is 0 Å². The predicted molar refractivity (Wildman–Crippen MR) is 81.6 cm³/mol. The number of hydrogen-bond donors (Lipinski definition) is 1. The van der Waals surface area contributed by atoms with Crippen molar-refractivity contribution in [3.8, 4) is 0 Å². The van der Waals surface area contributed by atoms with Gasteiger partial charge in [-0.15, -0.1) is 0 Å². The second-order valence-electron chi connectivity index (χ2n) is 5.03. The number of allylic oxidation sites excluding steroid dienone is 1. The van der Waals surface area contributed by atoms with Crippen LogP contribution in [-0.4, -0.2) is 35.3 Å². The summed E-state index contributed by atoms with van der Waals surface area (Å²) in [7, 11) is 0. The van der Waals surface area contributed by atoms with Gasteiger partial charge in [-0.2, -0.15) is 0 Å². The van der Waals surface area contributed by atoms with Crippen molar-refractivity contribution in [3.63, 3.8) is 0 Å². The predicted octanol–water partition coefficient (Wildman–Crippen LogP) is 2.27. The molecule has 124 valence electrons. The van der Waals surface area contributed by atoms with Crippen molar-refractivity contribution in [2.45, 2.75) is 38.5 Å².